The fourth-order valence-electron chi connectivity index (χ4n) is 1.89. The molecule has 0 radical (unpaired) electrons. The van der Waals surface area contributed by atoms with Gasteiger partial charge in [-0.2, -0.15) is 0 Å². The smallest absolute Gasteiger partial charge is 0.275 e. The molecule has 20 heavy (non-hydrogen) atoms. The van der Waals surface area contributed by atoms with Gasteiger partial charge in [0.1, 0.15) is 0 Å². The van der Waals surface area contributed by atoms with Crippen molar-refractivity contribution < 1.29 is 4.92 Å². The zero-order valence-corrected chi connectivity index (χ0v) is 11.7. The number of rotatable bonds is 5. The van der Waals surface area contributed by atoms with Gasteiger partial charge in [0.15, 0.2) is 0 Å². The normalized spacial score (nSPS) is 12.1. The van der Waals surface area contributed by atoms with Crippen molar-refractivity contribution in [1.29, 1.82) is 0 Å². The lowest BCUT2D eigenvalue weighted by Crippen LogP contribution is -2.18. The van der Waals surface area contributed by atoms with Crippen molar-refractivity contribution in [3.63, 3.8) is 0 Å². The molecule has 0 saturated carbocycles. The Hall–Kier alpha value is -1.98. The molecule has 0 saturated heterocycles. The summed E-state index contributed by atoms with van der Waals surface area (Å²) in [7, 11) is 0. The van der Waals surface area contributed by atoms with E-state index in [9.17, 15) is 10.1 Å². The lowest BCUT2D eigenvalue weighted by Gasteiger charge is -2.14. The average Bonchev–Trinajstić information content (AvgIpc) is 2.46. The van der Waals surface area contributed by atoms with Crippen LogP contribution in [0, 0.1) is 10.1 Å². The molecule has 2 rings (SSSR count). The molecule has 2 aromatic rings. The number of halogens is 1. The SMILES string of the molecule is CC(NCc1ccc(Cl)cc1[N+](=O)[O-])c1ccncc1. The monoisotopic (exact) mass is 291 g/mol. The van der Waals surface area contributed by atoms with Gasteiger partial charge in [-0.25, -0.2) is 0 Å². The Morgan fingerprint density at radius 1 is 1.35 bits per heavy atom. The number of hydrogen-bond acceptors (Lipinski definition) is 4. The van der Waals surface area contributed by atoms with E-state index in [-0.39, 0.29) is 11.7 Å². The third-order valence-electron chi connectivity index (χ3n) is 3.05. The number of aromatic nitrogens is 1. The van der Waals surface area contributed by atoms with Crippen molar-refractivity contribution in [2.24, 2.45) is 0 Å². The highest BCUT2D eigenvalue weighted by Crippen LogP contribution is 2.23. The Labute approximate surface area is 121 Å². The van der Waals surface area contributed by atoms with Gasteiger partial charge >= 0.3 is 0 Å². The Morgan fingerprint density at radius 3 is 2.70 bits per heavy atom. The predicted molar refractivity (Wildman–Crippen MR) is 77.6 cm³/mol. The molecule has 5 nitrogen and oxygen atoms in total. The number of hydrogen-bond donors (Lipinski definition) is 1. The second-order valence-electron chi connectivity index (χ2n) is 4.41. The van der Waals surface area contributed by atoms with Crippen LogP contribution in [-0.2, 0) is 6.54 Å². The molecule has 0 amide bonds. The number of nitro benzene ring substituents is 1. The standard InChI is InChI=1S/C14H14ClN3O2/c1-10(11-4-6-16-7-5-11)17-9-12-2-3-13(15)8-14(12)18(19)20/h2-8,10,17H,9H2,1H3. The van der Waals surface area contributed by atoms with Crippen LogP contribution in [0.3, 0.4) is 0 Å². The Balaban J connectivity index is 2.09. The molecule has 104 valence electrons. The van der Waals surface area contributed by atoms with E-state index < -0.39 is 4.92 Å². The summed E-state index contributed by atoms with van der Waals surface area (Å²) < 4.78 is 0. The molecule has 1 aromatic heterocycles. The number of benzene rings is 1. The summed E-state index contributed by atoms with van der Waals surface area (Å²) in [5, 5.41) is 14.6. The molecule has 1 unspecified atom stereocenters. The average molecular weight is 292 g/mol. The van der Waals surface area contributed by atoms with Gasteiger partial charge in [0.2, 0.25) is 0 Å². The van der Waals surface area contributed by atoms with Crippen LogP contribution in [0.15, 0.2) is 42.7 Å². The van der Waals surface area contributed by atoms with E-state index in [1.807, 2.05) is 19.1 Å². The van der Waals surface area contributed by atoms with E-state index in [1.54, 1.807) is 24.5 Å². The first kappa shape index (κ1) is 14.4. The lowest BCUT2D eigenvalue weighted by atomic mass is 10.1. The van der Waals surface area contributed by atoms with Gasteiger partial charge < -0.3 is 5.32 Å². The molecular weight excluding hydrogens is 278 g/mol. The first-order chi connectivity index (χ1) is 9.58. The highest BCUT2D eigenvalue weighted by molar-refractivity contribution is 6.30. The fraction of sp³-hybridized carbons (Fsp3) is 0.214. The molecule has 0 spiro atoms. The van der Waals surface area contributed by atoms with Crippen LogP contribution in [0.4, 0.5) is 5.69 Å². The summed E-state index contributed by atoms with van der Waals surface area (Å²) in [5.41, 5.74) is 1.73. The largest absolute Gasteiger partial charge is 0.306 e. The highest BCUT2D eigenvalue weighted by Gasteiger charge is 2.15. The van der Waals surface area contributed by atoms with Crippen molar-refractivity contribution in [3.05, 3.63) is 69.0 Å². The molecule has 1 aromatic carbocycles. The number of pyridine rings is 1. The maximum atomic E-state index is 11.0. The van der Waals surface area contributed by atoms with Crippen molar-refractivity contribution in [2.75, 3.05) is 0 Å². The molecule has 0 bridgehead atoms. The Bertz CT molecular complexity index is 605. The molecule has 0 aliphatic rings. The van der Waals surface area contributed by atoms with E-state index >= 15 is 0 Å². The second kappa shape index (κ2) is 6.45. The first-order valence-electron chi connectivity index (χ1n) is 6.14. The molecule has 1 N–H and O–H groups in total. The number of nitrogens with zero attached hydrogens (tertiary/aromatic N) is 2. The van der Waals surface area contributed by atoms with Gasteiger partial charge in [0.05, 0.1) is 4.92 Å². The topological polar surface area (TPSA) is 68.1 Å². The van der Waals surface area contributed by atoms with E-state index in [1.165, 1.54) is 6.07 Å². The van der Waals surface area contributed by atoms with E-state index in [2.05, 4.69) is 10.3 Å². The highest BCUT2D eigenvalue weighted by atomic mass is 35.5. The van der Waals surface area contributed by atoms with E-state index in [0.717, 1.165) is 5.56 Å². The quantitative estimate of drug-likeness (QED) is 0.676. The van der Waals surface area contributed by atoms with Crippen molar-refractivity contribution in [2.45, 2.75) is 19.5 Å². The summed E-state index contributed by atoms with van der Waals surface area (Å²) in [4.78, 5) is 14.5. The second-order valence-corrected chi connectivity index (χ2v) is 4.85. The molecule has 1 heterocycles. The summed E-state index contributed by atoms with van der Waals surface area (Å²) in [5.74, 6) is 0. The number of nitrogens with one attached hydrogen (secondary N) is 1. The molecule has 0 aliphatic carbocycles. The van der Waals surface area contributed by atoms with Crippen molar-refractivity contribution >= 4 is 17.3 Å². The zero-order valence-electron chi connectivity index (χ0n) is 10.9. The van der Waals surface area contributed by atoms with Crippen LogP contribution in [0.5, 0.6) is 0 Å². The third kappa shape index (κ3) is 3.53. The zero-order chi connectivity index (χ0) is 14.5. The summed E-state index contributed by atoms with van der Waals surface area (Å²) in [6, 6.07) is 8.60. The molecule has 6 heteroatoms. The van der Waals surface area contributed by atoms with Crippen LogP contribution in [0.1, 0.15) is 24.1 Å². The minimum absolute atomic E-state index is 0.0342. The predicted octanol–water partition coefficient (Wildman–Crippen LogP) is 3.49. The van der Waals surface area contributed by atoms with Gasteiger partial charge in [-0.15, -0.1) is 0 Å². The molecule has 0 aliphatic heterocycles. The maximum absolute atomic E-state index is 11.0. The maximum Gasteiger partial charge on any atom is 0.275 e. The van der Waals surface area contributed by atoms with Crippen LogP contribution in [0.25, 0.3) is 0 Å². The fourth-order valence-corrected chi connectivity index (χ4v) is 2.06. The summed E-state index contributed by atoms with van der Waals surface area (Å²) in [6.07, 6.45) is 3.44. The van der Waals surface area contributed by atoms with Crippen LogP contribution in [0.2, 0.25) is 5.02 Å². The van der Waals surface area contributed by atoms with Crippen LogP contribution in [-0.4, -0.2) is 9.91 Å². The van der Waals surface area contributed by atoms with Gasteiger partial charge in [-0.3, -0.25) is 15.1 Å². The summed E-state index contributed by atoms with van der Waals surface area (Å²) >= 11 is 5.79. The Kier molecular flexibility index (Phi) is 4.65. The third-order valence-corrected chi connectivity index (χ3v) is 3.28. The van der Waals surface area contributed by atoms with Gasteiger partial charge in [0, 0.05) is 41.6 Å². The molecule has 0 fully saturated rings. The lowest BCUT2D eigenvalue weighted by molar-refractivity contribution is -0.385. The summed E-state index contributed by atoms with van der Waals surface area (Å²) in [6.45, 7) is 2.40. The Morgan fingerprint density at radius 2 is 2.05 bits per heavy atom. The van der Waals surface area contributed by atoms with Gasteiger partial charge in [-0.05, 0) is 36.8 Å². The van der Waals surface area contributed by atoms with Crippen molar-refractivity contribution in [1.82, 2.24) is 10.3 Å². The van der Waals surface area contributed by atoms with E-state index in [4.69, 9.17) is 11.6 Å². The number of nitro groups is 1. The molecular formula is C14H14ClN3O2. The van der Waals surface area contributed by atoms with Crippen LogP contribution < -0.4 is 5.32 Å². The van der Waals surface area contributed by atoms with E-state index in [0.29, 0.717) is 17.1 Å². The first-order valence-corrected chi connectivity index (χ1v) is 6.52. The minimum Gasteiger partial charge on any atom is -0.306 e. The van der Waals surface area contributed by atoms with Gasteiger partial charge in [0.25, 0.3) is 5.69 Å². The van der Waals surface area contributed by atoms with Gasteiger partial charge in [-0.1, -0.05) is 11.6 Å². The minimum atomic E-state index is -0.417. The van der Waals surface area contributed by atoms with Crippen LogP contribution >= 0.6 is 11.6 Å². The van der Waals surface area contributed by atoms with Crippen molar-refractivity contribution in [3.8, 4) is 0 Å². The molecule has 1 atom stereocenters.